The van der Waals surface area contributed by atoms with E-state index in [0.717, 1.165) is 10.4 Å². The van der Waals surface area contributed by atoms with Crippen molar-refractivity contribution >= 4 is 40.6 Å². The van der Waals surface area contributed by atoms with Crippen molar-refractivity contribution in [2.24, 2.45) is 0 Å². The molecule has 12 heteroatoms. The molecular weight excluding hydrogens is 500 g/mol. The maximum atomic E-state index is 14.9. The third-order valence-corrected chi connectivity index (χ3v) is 6.87. The number of carbonyl (C=O) groups is 2. The molecule has 35 heavy (non-hydrogen) atoms. The van der Waals surface area contributed by atoms with Crippen LogP contribution in [0, 0.1) is 6.92 Å². The van der Waals surface area contributed by atoms with Crippen molar-refractivity contribution in [1.29, 1.82) is 0 Å². The molecule has 4 rings (SSSR count). The minimum absolute atomic E-state index is 0.216. The molecular formula is C23H26ClF2N5O3S. The number of fused-ring (bicyclic) bond motifs is 1. The monoisotopic (exact) mass is 525 g/mol. The Hall–Kier alpha value is -2.79. The van der Waals surface area contributed by atoms with Gasteiger partial charge in [0.25, 0.3) is 11.8 Å². The Bertz CT molecular complexity index is 1270. The first-order chi connectivity index (χ1) is 16.3. The van der Waals surface area contributed by atoms with Gasteiger partial charge >= 0.3 is 6.09 Å². The van der Waals surface area contributed by atoms with E-state index >= 15 is 0 Å². The van der Waals surface area contributed by atoms with Gasteiger partial charge in [-0.15, -0.1) is 11.3 Å². The summed E-state index contributed by atoms with van der Waals surface area (Å²) in [6, 6.07) is -0.894. The van der Waals surface area contributed by atoms with Crippen molar-refractivity contribution in [1.82, 2.24) is 25.2 Å². The quantitative estimate of drug-likeness (QED) is 0.486. The van der Waals surface area contributed by atoms with Crippen LogP contribution in [-0.4, -0.2) is 50.2 Å². The molecule has 0 aliphatic heterocycles. The van der Waals surface area contributed by atoms with E-state index in [2.05, 4.69) is 20.7 Å². The molecule has 8 nitrogen and oxygen atoms in total. The van der Waals surface area contributed by atoms with Gasteiger partial charge in [-0.2, -0.15) is 5.10 Å². The first-order valence-electron chi connectivity index (χ1n) is 11.1. The van der Waals surface area contributed by atoms with E-state index in [4.69, 9.17) is 16.3 Å². The SMILES string of the molecule is Cc1sc(C(=O)N[C@@H]2[C@H](NC(=O)OC(C)(C)C)CCCC2(F)F)cc1-c1cnn2cc(Cl)cnc12. The Balaban J connectivity index is 1.56. The molecule has 0 unspecified atom stereocenters. The molecule has 3 aromatic rings. The van der Waals surface area contributed by atoms with Crippen LogP contribution in [0.5, 0.6) is 0 Å². The molecule has 1 fully saturated rings. The molecule has 0 saturated heterocycles. The third kappa shape index (κ3) is 5.56. The van der Waals surface area contributed by atoms with Gasteiger partial charge in [-0.25, -0.2) is 23.1 Å². The fourth-order valence-electron chi connectivity index (χ4n) is 4.11. The lowest BCUT2D eigenvalue weighted by molar-refractivity contribution is -0.0723. The zero-order valence-corrected chi connectivity index (χ0v) is 21.3. The highest BCUT2D eigenvalue weighted by Crippen LogP contribution is 2.36. The Kier molecular flexibility index (Phi) is 6.76. The average Bonchev–Trinajstić information content (AvgIpc) is 3.31. The van der Waals surface area contributed by atoms with Crippen molar-refractivity contribution in [2.45, 2.75) is 70.6 Å². The standard InChI is InChI=1S/C23H26ClF2N5O3S/c1-12-14(15-10-28-31-11-13(24)9-27-19(15)31)8-17(35-12)20(32)30-18-16(6-5-7-23(18,25)26)29-21(33)34-22(2,3)4/h8-11,16,18H,5-7H2,1-4H3,(H,29,33)(H,30,32)/t16-,18-/m1/s1. The Morgan fingerprint density at radius 2 is 2.00 bits per heavy atom. The lowest BCUT2D eigenvalue weighted by Gasteiger charge is -2.38. The third-order valence-electron chi connectivity index (χ3n) is 5.63. The second-order valence-corrected chi connectivity index (χ2v) is 11.2. The number of thiophene rings is 1. The number of aromatic nitrogens is 3. The second kappa shape index (κ2) is 9.34. The van der Waals surface area contributed by atoms with E-state index in [0.29, 0.717) is 22.7 Å². The van der Waals surface area contributed by atoms with Crippen molar-refractivity contribution in [3.05, 3.63) is 39.4 Å². The van der Waals surface area contributed by atoms with E-state index in [1.54, 1.807) is 39.2 Å². The molecule has 1 saturated carbocycles. The lowest BCUT2D eigenvalue weighted by Crippen LogP contribution is -2.62. The van der Waals surface area contributed by atoms with Crippen molar-refractivity contribution in [2.75, 3.05) is 0 Å². The van der Waals surface area contributed by atoms with Crippen molar-refractivity contribution < 1.29 is 23.1 Å². The smallest absolute Gasteiger partial charge is 0.407 e. The van der Waals surface area contributed by atoms with Crippen molar-refractivity contribution in [3.63, 3.8) is 0 Å². The van der Waals surface area contributed by atoms with Crippen LogP contribution in [0.2, 0.25) is 5.02 Å². The first kappa shape index (κ1) is 25.3. The van der Waals surface area contributed by atoms with Gasteiger partial charge in [0.2, 0.25) is 0 Å². The Morgan fingerprint density at radius 1 is 1.26 bits per heavy atom. The summed E-state index contributed by atoms with van der Waals surface area (Å²) in [4.78, 5) is 30.7. The molecule has 188 valence electrons. The number of amides is 2. The van der Waals surface area contributed by atoms with Crippen LogP contribution in [0.4, 0.5) is 13.6 Å². The minimum Gasteiger partial charge on any atom is -0.444 e. The highest BCUT2D eigenvalue weighted by Gasteiger charge is 2.48. The number of hydrogen-bond donors (Lipinski definition) is 2. The normalized spacial score (nSPS) is 20.0. The number of halogens is 3. The minimum atomic E-state index is -3.19. The number of ether oxygens (including phenoxy) is 1. The van der Waals surface area contributed by atoms with E-state index in [-0.39, 0.29) is 17.7 Å². The second-order valence-electron chi connectivity index (χ2n) is 9.54. The van der Waals surface area contributed by atoms with E-state index in [1.165, 1.54) is 22.0 Å². The molecule has 0 spiro atoms. The Labute approximate surface area is 210 Å². The lowest BCUT2D eigenvalue weighted by atomic mass is 9.86. The van der Waals surface area contributed by atoms with Crippen LogP contribution >= 0.6 is 22.9 Å². The number of rotatable bonds is 4. The number of nitrogens with one attached hydrogen (secondary N) is 2. The predicted octanol–water partition coefficient (Wildman–Crippen LogP) is 5.23. The van der Waals surface area contributed by atoms with Gasteiger partial charge in [0.15, 0.2) is 5.65 Å². The number of alkyl carbamates (subject to hydrolysis) is 1. The summed E-state index contributed by atoms with van der Waals surface area (Å²) < 4.78 is 36.5. The van der Waals surface area contributed by atoms with Crippen LogP contribution in [0.3, 0.4) is 0 Å². The number of hydrogen-bond acceptors (Lipinski definition) is 6. The first-order valence-corrected chi connectivity index (χ1v) is 12.3. The summed E-state index contributed by atoms with van der Waals surface area (Å²) in [6.45, 7) is 6.89. The van der Waals surface area contributed by atoms with Crippen LogP contribution in [0.25, 0.3) is 16.8 Å². The number of alkyl halides is 2. The molecule has 3 aromatic heterocycles. The summed E-state index contributed by atoms with van der Waals surface area (Å²) in [5.74, 6) is -3.83. The fraction of sp³-hybridized carbons (Fsp3) is 0.478. The highest BCUT2D eigenvalue weighted by atomic mass is 35.5. The highest BCUT2D eigenvalue weighted by molar-refractivity contribution is 7.14. The van der Waals surface area contributed by atoms with E-state index in [1.807, 2.05) is 6.92 Å². The molecule has 3 heterocycles. The average molecular weight is 526 g/mol. The summed E-state index contributed by atoms with van der Waals surface area (Å²) in [6.07, 6.45) is 4.07. The van der Waals surface area contributed by atoms with Gasteiger partial charge < -0.3 is 15.4 Å². The molecule has 2 atom stereocenters. The van der Waals surface area contributed by atoms with Crippen LogP contribution in [0.1, 0.15) is 54.6 Å². The summed E-state index contributed by atoms with van der Waals surface area (Å²) in [5, 5.41) is 9.67. The summed E-state index contributed by atoms with van der Waals surface area (Å²) >= 11 is 7.16. The number of nitrogens with zero attached hydrogens (tertiary/aromatic N) is 3. The largest absolute Gasteiger partial charge is 0.444 e. The van der Waals surface area contributed by atoms with Gasteiger partial charge in [-0.05, 0) is 46.6 Å². The number of carbonyl (C=O) groups excluding carboxylic acids is 2. The maximum Gasteiger partial charge on any atom is 0.407 e. The number of aryl methyl sites for hydroxylation is 1. The topological polar surface area (TPSA) is 97.6 Å². The zero-order chi connectivity index (χ0) is 25.5. The Morgan fingerprint density at radius 3 is 2.71 bits per heavy atom. The fourth-order valence-corrected chi connectivity index (χ4v) is 5.19. The van der Waals surface area contributed by atoms with Gasteiger partial charge in [-0.1, -0.05) is 11.6 Å². The van der Waals surface area contributed by atoms with Crippen LogP contribution < -0.4 is 10.6 Å². The van der Waals surface area contributed by atoms with Gasteiger partial charge in [0, 0.05) is 28.6 Å². The maximum absolute atomic E-state index is 14.9. The zero-order valence-electron chi connectivity index (χ0n) is 19.7. The molecule has 0 radical (unpaired) electrons. The van der Waals surface area contributed by atoms with Crippen molar-refractivity contribution in [3.8, 4) is 11.1 Å². The van der Waals surface area contributed by atoms with E-state index < -0.39 is 35.6 Å². The molecule has 1 aliphatic carbocycles. The van der Waals surface area contributed by atoms with Gasteiger partial charge in [-0.3, -0.25) is 4.79 Å². The molecule has 2 amide bonds. The predicted molar refractivity (Wildman–Crippen MR) is 129 cm³/mol. The van der Waals surface area contributed by atoms with Gasteiger partial charge in [0.05, 0.1) is 28.3 Å². The molecule has 0 aromatic carbocycles. The molecule has 1 aliphatic rings. The van der Waals surface area contributed by atoms with Gasteiger partial charge in [0.1, 0.15) is 11.6 Å². The van der Waals surface area contributed by atoms with Crippen LogP contribution in [0.15, 0.2) is 24.7 Å². The molecule has 0 bridgehead atoms. The molecule has 2 N–H and O–H groups in total. The summed E-state index contributed by atoms with van der Waals surface area (Å²) in [7, 11) is 0. The van der Waals surface area contributed by atoms with E-state index in [9.17, 15) is 18.4 Å². The summed E-state index contributed by atoms with van der Waals surface area (Å²) in [5.41, 5.74) is 1.21. The van der Waals surface area contributed by atoms with Crippen LogP contribution in [-0.2, 0) is 4.74 Å².